The molecule has 1 aliphatic heterocycles. The van der Waals surface area contributed by atoms with Gasteiger partial charge in [0.05, 0.1) is 11.4 Å². The zero-order valence-electron chi connectivity index (χ0n) is 12.6. The van der Waals surface area contributed by atoms with Crippen molar-refractivity contribution in [2.45, 2.75) is 39.0 Å². The van der Waals surface area contributed by atoms with Gasteiger partial charge >= 0.3 is 6.18 Å². The fourth-order valence-electron chi connectivity index (χ4n) is 2.63. The number of aromatic nitrogens is 3. The first kappa shape index (κ1) is 16.0. The van der Waals surface area contributed by atoms with Gasteiger partial charge in [0.15, 0.2) is 5.82 Å². The van der Waals surface area contributed by atoms with Crippen LogP contribution in [0.4, 0.5) is 13.2 Å². The van der Waals surface area contributed by atoms with Crippen LogP contribution in [0.1, 0.15) is 46.6 Å². The molecule has 0 radical (unpaired) electrons. The Labute approximate surface area is 134 Å². The van der Waals surface area contributed by atoms with Crippen molar-refractivity contribution < 1.29 is 18.0 Å². The Bertz CT molecular complexity index is 735. The molecule has 3 rings (SSSR count). The zero-order chi connectivity index (χ0) is 16.8. The maximum atomic E-state index is 12.8. The minimum atomic E-state index is -4.53. The molecule has 0 fully saturated rings. The number of hydrogen-bond donors (Lipinski definition) is 0. The molecule has 0 spiro atoms. The van der Waals surface area contributed by atoms with Gasteiger partial charge < -0.3 is 9.47 Å². The van der Waals surface area contributed by atoms with Crippen molar-refractivity contribution in [2.24, 2.45) is 0 Å². The molecule has 0 atom stereocenters. The van der Waals surface area contributed by atoms with E-state index in [1.165, 1.54) is 16.2 Å². The number of carbonyl (C=O) groups is 1. The number of amides is 1. The van der Waals surface area contributed by atoms with Gasteiger partial charge in [0.2, 0.25) is 5.82 Å². The number of hydrogen-bond acceptors (Lipinski definition) is 4. The summed E-state index contributed by atoms with van der Waals surface area (Å²) >= 11 is 1.36. The van der Waals surface area contributed by atoms with E-state index >= 15 is 0 Å². The monoisotopic (exact) mass is 344 g/mol. The number of rotatable bonds is 2. The molecule has 0 bridgehead atoms. The van der Waals surface area contributed by atoms with Crippen molar-refractivity contribution in [3.63, 3.8) is 0 Å². The van der Waals surface area contributed by atoms with Crippen LogP contribution in [-0.2, 0) is 19.3 Å². The number of fused-ring (bicyclic) bond motifs is 1. The van der Waals surface area contributed by atoms with Crippen LogP contribution in [0.3, 0.4) is 0 Å². The van der Waals surface area contributed by atoms with Crippen LogP contribution >= 0.6 is 11.3 Å². The third kappa shape index (κ3) is 2.85. The molecule has 2 aromatic heterocycles. The van der Waals surface area contributed by atoms with E-state index in [9.17, 15) is 18.0 Å². The Morgan fingerprint density at radius 1 is 1.30 bits per heavy atom. The lowest BCUT2D eigenvalue weighted by atomic mass is 10.0. The van der Waals surface area contributed by atoms with Gasteiger partial charge in [0.25, 0.3) is 5.91 Å². The van der Waals surface area contributed by atoms with Crippen LogP contribution in [0.25, 0.3) is 0 Å². The second-order valence-electron chi connectivity index (χ2n) is 5.68. The topological polar surface area (TPSA) is 51.0 Å². The lowest BCUT2D eigenvalue weighted by Crippen LogP contribution is -2.39. The Morgan fingerprint density at radius 2 is 2.04 bits per heavy atom. The van der Waals surface area contributed by atoms with Crippen LogP contribution in [0.15, 0.2) is 11.4 Å². The Hall–Kier alpha value is -1.90. The van der Waals surface area contributed by atoms with Gasteiger partial charge in [-0.05, 0) is 22.9 Å². The van der Waals surface area contributed by atoms with Crippen molar-refractivity contribution >= 4 is 17.2 Å². The second kappa shape index (κ2) is 5.63. The van der Waals surface area contributed by atoms with E-state index in [0.717, 1.165) is 10.1 Å². The first-order chi connectivity index (χ1) is 10.8. The SMILES string of the molecule is CC(C)c1ccsc1C(=O)N1CCn2c(nnc2C(F)(F)F)C1. The van der Waals surface area contributed by atoms with Crippen molar-refractivity contribution in [3.05, 3.63) is 33.5 Å². The van der Waals surface area contributed by atoms with Gasteiger partial charge in [-0.3, -0.25) is 4.79 Å². The highest BCUT2D eigenvalue weighted by atomic mass is 32.1. The van der Waals surface area contributed by atoms with E-state index < -0.39 is 12.0 Å². The van der Waals surface area contributed by atoms with Crippen LogP contribution in [0, 0.1) is 0 Å². The molecule has 23 heavy (non-hydrogen) atoms. The molecule has 0 saturated heterocycles. The highest BCUT2D eigenvalue weighted by molar-refractivity contribution is 7.12. The lowest BCUT2D eigenvalue weighted by molar-refractivity contribution is -0.147. The highest BCUT2D eigenvalue weighted by Gasteiger charge is 2.40. The van der Waals surface area contributed by atoms with E-state index in [2.05, 4.69) is 10.2 Å². The Kier molecular flexibility index (Phi) is 3.91. The summed E-state index contributed by atoms with van der Waals surface area (Å²) in [4.78, 5) is 14.8. The molecule has 0 aliphatic carbocycles. The molecular weight excluding hydrogens is 329 g/mol. The average molecular weight is 344 g/mol. The summed E-state index contributed by atoms with van der Waals surface area (Å²) < 4.78 is 39.5. The van der Waals surface area contributed by atoms with Crippen LogP contribution in [-0.4, -0.2) is 32.1 Å². The summed E-state index contributed by atoms with van der Waals surface area (Å²) in [5.41, 5.74) is 0.961. The van der Waals surface area contributed by atoms with Crippen LogP contribution in [0.2, 0.25) is 0 Å². The number of nitrogens with zero attached hydrogens (tertiary/aromatic N) is 4. The number of carbonyl (C=O) groups excluding carboxylic acids is 1. The predicted octanol–water partition coefficient (Wildman–Crippen LogP) is 3.14. The minimum Gasteiger partial charge on any atom is -0.329 e. The van der Waals surface area contributed by atoms with Crippen LogP contribution < -0.4 is 0 Å². The summed E-state index contributed by atoms with van der Waals surface area (Å²) in [6.45, 7) is 4.30. The first-order valence-electron chi connectivity index (χ1n) is 7.15. The zero-order valence-corrected chi connectivity index (χ0v) is 13.4. The van der Waals surface area contributed by atoms with Gasteiger partial charge in [0, 0.05) is 13.1 Å². The standard InChI is InChI=1S/C14H15F3N4OS/c1-8(2)9-3-6-23-11(9)12(22)20-4-5-21-10(7-20)18-19-13(21)14(15,16)17/h3,6,8H,4-5,7H2,1-2H3. The Balaban J connectivity index is 1.84. The maximum absolute atomic E-state index is 12.8. The molecule has 5 nitrogen and oxygen atoms in total. The first-order valence-corrected chi connectivity index (χ1v) is 8.03. The molecule has 1 aliphatic rings. The van der Waals surface area contributed by atoms with E-state index in [1.807, 2.05) is 25.3 Å². The van der Waals surface area contributed by atoms with Crippen molar-refractivity contribution in [2.75, 3.05) is 6.54 Å². The van der Waals surface area contributed by atoms with E-state index in [-0.39, 0.29) is 37.3 Å². The fraction of sp³-hybridized carbons (Fsp3) is 0.500. The smallest absolute Gasteiger partial charge is 0.329 e. The second-order valence-corrected chi connectivity index (χ2v) is 6.59. The van der Waals surface area contributed by atoms with Gasteiger partial charge in [0.1, 0.15) is 0 Å². The largest absolute Gasteiger partial charge is 0.451 e. The summed E-state index contributed by atoms with van der Waals surface area (Å²) in [5, 5.41) is 8.68. The Morgan fingerprint density at radius 3 is 2.70 bits per heavy atom. The van der Waals surface area contributed by atoms with Crippen molar-refractivity contribution in [1.29, 1.82) is 0 Å². The minimum absolute atomic E-state index is 0.0390. The normalized spacial score (nSPS) is 15.1. The quantitative estimate of drug-likeness (QED) is 0.841. The fourth-order valence-corrected chi connectivity index (χ4v) is 3.65. The maximum Gasteiger partial charge on any atom is 0.451 e. The summed E-state index contributed by atoms with van der Waals surface area (Å²) in [7, 11) is 0. The van der Waals surface area contributed by atoms with Gasteiger partial charge in [-0.2, -0.15) is 13.2 Å². The molecule has 1 amide bonds. The number of alkyl halides is 3. The third-order valence-electron chi connectivity index (χ3n) is 3.81. The third-order valence-corrected chi connectivity index (χ3v) is 4.72. The molecular formula is C14H15F3N4OS. The average Bonchev–Trinajstić information content (AvgIpc) is 3.11. The molecule has 9 heteroatoms. The van der Waals surface area contributed by atoms with Gasteiger partial charge in [-0.25, -0.2) is 0 Å². The molecule has 0 saturated carbocycles. The van der Waals surface area contributed by atoms with Gasteiger partial charge in [-0.1, -0.05) is 13.8 Å². The lowest BCUT2D eigenvalue weighted by Gasteiger charge is -2.28. The molecule has 0 N–H and O–H groups in total. The molecule has 2 aromatic rings. The number of thiophene rings is 1. The van der Waals surface area contributed by atoms with E-state index in [0.29, 0.717) is 4.88 Å². The van der Waals surface area contributed by atoms with Gasteiger partial charge in [-0.15, -0.1) is 21.5 Å². The molecule has 3 heterocycles. The summed E-state index contributed by atoms with van der Waals surface area (Å²) in [6, 6.07) is 1.91. The highest BCUT2D eigenvalue weighted by Crippen LogP contribution is 2.31. The number of halogens is 3. The van der Waals surface area contributed by atoms with Crippen molar-refractivity contribution in [1.82, 2.24) is 19.7 Å². The van der Waals surface area contributed by atoms with E-state index in [4.69, 9.17) is 0 Å². The van der Waals surface area contributed by atoms with E-state index in [1.54, 1.807) is 0 Å². The predicted molar refractivity (Wildman–Crippen MR) is 78.2 cm³/mol. The van der Waals surface area contributed by atoms with Crippen molar-refractivity contribution in [3.8, 4) is 0 Å². The molecule has 0 unspecified atom stereocenters. The summed E-state index contributed by atoms with van der Waals surface area (Å²) in [6.07, 6.45) is -4.53. The van der Waals surface area contributed by atoms with Crippen LogP contribution in [0.5, 0.6) is 0 Å². The molecule has 0 aromatic carbocycles. The summed E-state index contributed by atoms with van der Waals surface area (Å²) in [5.74, 6) is -0.782. The molecule has 124 valence electrons.